The molecule has 3 N–H and O–H groups in total. The van der Waals surface area contributed by atoms with Gasteiger partial charge in [-0.1, -0.05) is 32.9 Å². The maximum absolute atomic E-state index is 12.3. The topological polar surface area (TPSA) is 84.5 Å². The minimum Gasteiger partial charge on any atom is -0.370 e. The van der Waals surface area contributed by atoms with E-state index in [-0.39, 0.29) is 53.7 Å². The molecule has 0 fully saturated rings. The zero-order chi connectivity index (χ0) is 17.0. The van der Waals surface area contributed by atoms with Gasteiger partial charge in [0.05, 0.1) is 17.2 Å². The number of halogens is 1. The monoisotopic (exact) mass is 453 g/mol. The van der Waals surface area contributed by atoms with Gasteiger partial charge in [0.2, 0.25) is 0 Å². The molecule has 23 heavy (non-hydrogen) atoms. The Morgan fingerprint density at radius 2 is 1.74 bits per heavy atom. The average molecular weight is 453 g/mol. The van der Waals surface area contributed by atoms with Gasteiger partial charge in [0.1, 0.15) is 0 Å². The Labute approximate surface area is 157 Å². The normalized spacial score (nSPS) is 12.9. The summed E-state index contributed by atoms with van der Waals surface area (Å²) in [4.78, 5) is 4.36. The van der Waals surface area contributed by atoms with Gasteiger partial charge in [-0.3, -0.25) is 4.99 Å². The molecule has 1 aromatic carbocycles. The van der Waals surface area contributed by atoms with Crippen LogP contribution in [0, 0.1) is 0 Å². The maximum Gasteiger partial charge on any atom is 0.188 e. The molecule has 0 unspecified atom stereocenters. The Hall–Kier alpha value is -0.830. The van der Waals surface area contributed by atoms with E-state index in [0.717, 1.165) is 5.56 Å². The van der Waals surface area contributed by atoms with Gasteiger partial charge in [0, 0.05) is 6.04 Å². The molecule has 0 saturated carbocycles. The first-order chi connectivity index (χ1) is 10.0. The Morgan fingerprint density at radius 1 is 1.22 bits per heavy atom. The van der Waals surface area contributed by atoms with Gasteiger partial charge < -0.3 is 11.1 Å². The van der Waals surface area contributed by atoms with E-state index < -0.39 is 9.84 Å². The highest BCUT2D eigenvalue weighted by atomic mass is 127. The van der Waals surface area contributed by atoms with Crippen LogP contribution in [0.1, 0.15) is 40.2 Å². The van der Waals surface area contributed by atoms with E-state index in [1.54, 1.807) is 12.1 Å². The molecular formula is C16H28IN3O2S. The lowest BCUT2D eigenvalue weighted by atomic mass is 9.87. The number of hydrogen-bond donors (Lipinski definition) is 2. The van der Waals surface area contributed by atoms with Gasteiger partial charge in [0.25, 0.3) is 0 Å². The largest absolute Gasteiger partial charge is 0.370 e. The summed E-state index contributed by atoms with van der Waals surface area (Å²) in [5, 5.41) is 2.93. The lowest BCUT2D eigenvalue weighted by Crippen LogP contribution is -2.37. The van der Waals surface area contributed by atoms with Crippen LogP contribution in [-0.4, -0.2) is 32.7 Å². The van der Waals surface area contributed by atoms with Crippen LogP contribution in [0.25, 0.3) is 0 Å². The van der Waals surface area contributed by atoms with Crippen molar-refractivity contribution in [3.8, 4) is 0 Å². The second-order valence-corrected chi connectivity index (χ2v) is 8.77. The quantitative estimate of drug-likeness (QED) is 0.408. The maximum atomic E-state index is 12.3. The molecule has 132 valence electrons. The number of aliphatic imine (C=N–C) groups is 1. The third-order valence-corrected chi connectivity index (χ3v) is 4.87. The third-order valence-electron chi connectivity index (χ3n) is 3.16. The van der Waals surface area contributed by atoms with E-state index in [9.17, 15) is 8.42 Å². The van der Waals surface area contributed by atoms with Gasteiger partial charge in [-0.25, -0.2) is 8.42 Å². The van der Waals surface area contributed by atoms with Crippen LogP contribution in [0.2, 0.25) is 0 Å². The lowest BCUT2D eigenvalue weighted by Gasteiger charge is -2.19. The van der Waals surface area contributed by atoms with E-state index in [1.165, 1.54) is 0 Å². The summed E-state index contributed by atoms with van der Waals surface area (Å²) in [6.07, 6.45) is 0. The molecule has 0 aromatic heterocycles. The smallest absolute Gasteiger partial charge is 0.188 e. The van der Waals surface area contributed by atoms with Crippen LogP contribution in [0.15, 0.2) is 34.2 Å². The van der Waals surface area contributed by atoms with Crippen molar-refractivity contribution >= 4 is 39.8 Å². The van der Waals surface area contributed by atoms with Gasteiger partial charge in [-0.15, -0.1) is 24.0 Å². The molecule has 0 bridgehead atoms. The Bertz CT molecular complexity index is 618. The summed E-state index contributed by atoms with van der Waals surface area (Å²) in [7, 11) is -3.34. The fourth-order valence-electron chi connectivity index (χ4n) is 1.91. The van der Waals surface area contributed by atoms with E-state index in [2.05, 4.69) is 31.1 Å². The number of rotatable bonds is 5. The SMILES string of the molecule is CC(C)NC(N)=NCCS(=O)(=O)c1ccc(C(C)(C)C)cc1.I. The van der Waals surface area contributed by atoms with Crippen LogP contribution in [0.3, 0.4) is 0 Å². The number of guanidine groups is 1. The molecule has 0 heterocycles. The summed E-state index contributed by atoms with van der Waals surface area (Å²) >= 11 is 0. The number of sulfone groups is 1. The molecule has 7 heteroatoms. The molecule has 0 aliphatic rings. The second-order valence-electron chi connectivity index (χ2n) is 6.66. The summed E-state index contributed by atoms with van der Waals surface area (Å²) < 4.78 is 24.5. The number of nitrogens with one attached hydrogen (secondary N) is 1. The average Bonchev–Trinajstić information content (AvgIpc) is 2.36. The fraction of sp³-hybridized carbons (Fsp3) is 0.562. The van der Waals surface area contributed by atoms with E-state index >= 15 is 0 Å². The predicted octanol–water partition coefficient (Wildman–Crippen LogP) is 2.69. The zero-order valence-corrected chi connectivity index (χ0v) is 17.6. The molecule has 0 aliphatic carbocycles. The summed E-state index contributed by atoms with van der Waals surface area (Å²) in [6.45, 7) is 10.3. The van der Waals surface area contributed by atoms with E-state index in [0.29, 0.717) is 4.90 Å². The lowest BCUT2D eigenvalue weighted by molar-refractivity contribution is 0.586. The van der Waals surface area contributed by atoms with Crippen molar-refractivity contribution in [3.05, 3.63) is 29.8 Å². The minimum atomic E-state index is -3.34. The molecule has 0 spiro atoms. The van der Waals surface area contributed by atoms with Crippen molar-refractivity contribution in [2.45, 2.75) is 51.0 Å². The van der Waals surface area contributed by atoms with Crippen LogP contribution >= 0.6 is 24.0 Å². The standard InChI is InChI=1S/C16H27N3O2S.HI/c1-12(2)19-15(17)18-10-11-22(20,21)14-8-6-13(7-9-14)16(3,4)5;/h6-9,12H,10-11H2,1-5H3,(H3,17,18,19);1H. The summed E-state index contributed by atoms with van der Waals surface area (Å²) in [5.74, 6) is 0.218. The number of benzene rings is 1. The van der Waals surface area contributed by atoms with Crippen molar-refractivity contribution in [1.82, 2.24) is 5.32 Å². The number of nitrogens with zero attached hydrogens (tertiary/aromatic N) is 1. The third kappa shape index (κ3) is 7.52. The van der Waals surface area contributed by atoms with Crippen molar-refractivity contribution in [2.75, 3.05) is 12.3 Å². The first-order valence-electron chi connectivity index (χ1n) is 7.42. The molecule has 1 aromatic rings. The predicted molar refractivity (Wildman–Crippen MR) is 107 cm³/mol. The van der Waals surface area contributed by atoms with E-state index in [4.69, 9.17) is 5.73 Å². The molecule has 1 rings (SSSR count). The molecule has 0 amide bonds. The first kappa shape index (κ1) is 22.2. The molecule has 5 nitrogen and oxygen atoms in total. The van der Waals surface area contributed by atoms with Crippen LogP contribution < -0.4 is 11.1 Å². The van der Waals surface area contributed by atoms with E-state index in [1.807, 2.05) is 26.0 Å². The molecule has 0 atom stereocenters. The minimum absolute atomic E-state index is 0. The van der Waals surface area contributed by atoms with Crippen LogP contribution in [0.5, 0.6) is 0 Å². The number of hydrogen-bond acceptors (Lipinski definition) is 3. The molecule has 0 saturated heterocycles. The number of nitrogens with two attached hydrogens (primary N) is 1. The second kappa shape index (κ2) is 8.86. The van der Waals surface area contributed by atoms with Crippen LogP contribution in [-0.2, 0) is 15.3 Å². The highest BCUT2D eigenvalue weighted by Gasteiger charge is 2.17. The van der Waals surface area contributed by atoms with Crippen molar-refractivity contribution in [2.24, 2.45) is 10.7 Å². The van der Waals surface area contributed by atoms with Gasteiger partial charge in [-0.2, -0.15) is 0 Å². The molecule has 0 radical (unpaired) electrons. The Balaban J connectivity index is 0.00000484. The van der Waals surface area contributed by atoms with Gasteiger partial charge in [0.15, 0.2) is 15.8 Å². The molecular weight excluding hydrogens is 425 g/mol. The van der Waals surface area contributed by atoms with Gasteiger partial charge in [-0.05, 0) is 37.0 Å². The zero-order valence-electron chi connectivity index (χ0n) is 14.5. The highest BCUT2D eigenvalue weighted by Crippen LogP contribution is 2.23. The first-order valence-corrected chi connectivity index (χ1v) is 9.07. The highest BCUT2D eigenvalue weighted by molar-refractivity contribution is 14.0. The van der Waals surface area contributed by atoms with Crippen molar-refractivity contribution in [3.63, 3.8) is 0 Å². The van der Waals surface area contributed by atoms with Crippen molar-refractivity contribution in [1.29, 1.82) is 0 Å². The van der Waals surface area contributed by atoms with Gasteiger partial charge >= 0.3 is 0 Å². The Kier molecular flexibility index (Phi) is 8.54. The fourth-order valence-corrected chi connectivity index (χ4v) is 3.03. The van der Waals surface area contributed by atoms with Crippen molar-refractivity contribution < 1.29 is 8.42 Å². The summed E-state index contributed by atoms with van der Waals surface area (Å²) in [5.41, 5.74) is 6.76. The van der Waals surface area contributed by atoms with Crippen LogP contribution in [0.4, 0.5) is 0 Å². The molecule has 0 aliphatic heterocycles. The summed E-state index contributed by atoms with van der Waals surface area (Å²) in [6, 6.07) is 7.23. The Morgan fingerprint density at radius 3 is 2.17 bits per heavy atom.